The summed E-state index contributed by atoms with van der Waals surface area (Å²) in [6.45, 7) is 3.97. The van der Waals surface area contributed by atoms with Gasteiger partial charge in [0.25, 0.3) is 0 Å². The van der Waals surface area contributed by atoms with Crippen LogP contribution in [-0.4, -0.2) is 32.8 Å². The van der Waals surface area contributed by atoms with Gasteiger partial charge in [-0.25, -0.2) is 0 Å². The maximum atomic E-state index is 5.65. The van der Waals surface area contributed by atoms with E-state index in [1.807, 2.05) is 25.2 Å². The zero-order valence-electron chi connectivity index (χ0n) is 9.77. The molecule has 4 nitrogen and oxygen atoms in total. The van der Waals surface area contributed by atoms with Crippen molar-refractivity contribution in [3.05, 3.63) is 18.2 Å². The molecule has 0 fully saturated rings. The predicted molar refractivity (Wildman–Crippen MR) is 64.4 cm³/mol. The van der Waals surface area contributed by atoms with Crippen LogP contribution in [-0.2, 0) is 0 Å². The van der Waals surface area contributed by atoms with E-state index in [-0.39, 0.29) is 0 Å². The van der Waals surface area contributed by atoms with E-state index in [1.165, 1.54) is 0 Å². The van der Waals surface area contributed by atoms with Gasteiger partial charge in [-0.1, -0.05) is 0 Å². The van der Waals surface area contributed by atoms with E-state index in [2.05, 4.69) is 11.8 Å². The fourth-order valence-corrected chi connectivity index (χ4v) is 1.66. The highest BCUT2D eigenvalue weighted by molar-refractivity contribution is 5.56. The second-order valence-corrected chi connectivity index (χ2v) is 4.02. The highest BCUT2D eigenvalue weighted by Gasteiger charge is 2.14. The minimum atomic E-state index is 0.308. The number of benzene rings is 1. The highest BCUT2D eigenvalue weighted by atomic mass is 16.6. The normalized spacial score (nSPS) is 15.7. The number of likely N-dealkylation sites (N-methyl/N-ethyl adjacent to an activating group) is 1. The van der Waals surface area contributed by atoms with Gasteiger partial charge in [0, 0.05) is 31.4 Å². The first-order valence-electron chi connectivity index (χ1n) is 5.55. The van der Waals surface area contributed by atoms with Crippen LogP contribution in [0, 0.1) is 0 Å². The molecule has 2 N–H and O–H groups in total. The quantitative estimate of drug-likeness (QED) is 0.836. The van der Waals surface area contributed by atoms with E-state index in [0.29, 0.717) is 25.8 Å². The molecule has 1 unspecified atom stereocenters. The second kappa shape index (κ2) is 4.61. The van der Waals surface area contributed by atoms with Crippen molar-refractivity contribution >= 4 is 5.69 Å². The van der Waals surface area contributed by atoms with Crippen molar-refractivity contribution in [1.29, 1.82) is 0 Å². The lowest BCUT2D eigenvalue weighted by Crippen LogP contribution is -2.35. The Morgan fingerprint density at radius 2 is 2.00 bits per heavy atom. The summed E-state index contributed by atoms with van der Waals surface area (Å²) in [5.74, 6) is 1.64. The first kappa shape index (κ1) is 11.1. The van der Waals surface area contributed by atoms with Crippen molar-refractivity contribution < 1.29 is 9.47 Å². The topological polar surface area (TPSA) is 47.7 Å². The zero-order chi connectivity index (χ0) is 11.5. The monoisotopic (exact) mass is 222 g/mol. The summed E-state index contributed by atoms with van der Waals surface area (Å²) in [4.78, 5) is 2.14. The molecule has 1 aromatic rings. The van der Waals surface area contributed by atoms with Gasteiger partial charge in [0.1, 0.15) is 13.2 Å². The molecule has 2 rings (SSSR count). The van der Waals surface area contributed by atoms with Crippen molar-refractivity contribution in [2.24, 2.45) is 5.73 Å². The Morgan fingerprint density at radius 1 is 1.31 bits per heavy atom. The van der Waals surface area contributed by atoms with Crippen LogP contribution >= 0.6 is 0 Å². The minimum absolute atomic E-state index is 0.308. The lowest BCUT2D eigenvalue weighted by Gasteiger charge is -2.27. The van der Waals surface area contributed by atoms with Gasteiger partial charge >= 0.3 is 0 Å². The molecule has 0 amide bonds. The van der Waals surface area contributed by atoms with Gasteiger partial charge < -0.3 is 20.1 Å². The lowest BCUT2D eigenvalue weighted by molar-refractivity contribution is 0.171. The standard InChI is InChI=1S/C12H18N2O2/c1-9(8-13)14(2)10-3-4-11-12(7-10)16-6-5-15-11/h3-4,7,9H,5-6,8,13H2,1-2H3. The Hall–Kier alpha value is -1.42. The van der Waals surface area contributed by atoms with Crippen LogP contribution in [0.25, 0.3) is 0 Å². The van der Waals surface area contributed by atoms with Gasteiger partial charge in [-0.15, -0.1) is 0 Å². The first-order valence-corrected chi connectivity index (χ1v) is 5.55. The Kier molecular flexibility index (Phi) is 3.19. The fourth-order valence-electron chi connectivity index (χ4n) is 1.66. The third-order valence-corrected chi connectivity index (χ3v) is 2.94. The summed E-state index contributed by atoms with van der Waals surface area (Å²) in [6.07, 6.45) is 0. The zero-order valence-corrected chi connectivity index (χ0v) is 9.77. The third-order valence-electron chi connectivity index (χ3n) is 2.94. The van der Waals surface area contributed by atoms with Gasteiger partial charge in [0.15, 0.2) is 11.5 Å². The summed E-state index contributed by atoms with van der Waals surface area (Å²) in [6, 6.07) is 6.28. The summed E-state index contributed by atoms with van der Waals surface area (Å²) < 4.78 is 11.0. The van der Waals surface area contributed by atoms with E-state index in [0.717, 1.165) is 17.2 Å². The van der Waals surface area contributed by atoms with Crippen LogP contribution in [0.15, 0.2) is 18.2 Å². The highest BCUT2D eigenvalue weighted by Crippen LogP contribution is 2.33. The molecule has 1 atom stereocenters. The molecule has 0 saturated carbocycles. The van der Waals surface area contributed by atoms with E-state index in [9.17, 15) is 0 Å². The van der Waals surface area contributed by atoms with Gasteiger partial charge in [0.05, 0.1) is 0 Å². The molecule has 0 spiro atoms. The summed E-state index contributed by atoms with van der Waals surface area (Å²) >= 11 is 0. The van der Waals surface area contributed by atoms with E-state index >= 15 is 0 Å². The molecular formula is C12H18N2O2. The van der Waals surface area contributed by atoms with E-state index < -0.39 is 0 Å². The first-order chi connectivity index (χ1) is 7.72. The van der Waals surface area contributed by atoms with Crippen molar-refractivity contribution in [3.63, 3.8) is 0 Å². The smallest absolute Gasteiger partial charge is 0.163 e. The summed E-state index contributed by atoms with van der Waals surface area (Å²) in [5, 5.41) is 0. The number of hydrogen-bond donors (Lipinski definition) is 1. The van der Waals surface area contributed by atoms with Gasteiger partial charge in [-0.05, 0) is 19.1 Å². The molecule has 16 heavy (non-hydrogen) atoms. The predicted octanol–water partition coefficient (Wildman–Crippen LogP) is 1.24. The molecule has 0 aliphatic carbocycles. The Balaban J connectivity index is 2.22. The number of rotatable bonds is 3. The Bertz CT molecular complexity index is 368. The van der Waals surface area contributed by atoms with Crippen molar-refractivity contribution in [3.8, 4) is 11.5 Å². The summed E-state index contributed by atoms with van der Waals surface area (Å²) in [7, 11) is 2.03. The van der Waals surface area contributed by atoms with Crippen LogP contribution < -0.4 is 20.1 Å². The summed E-state index contributed by atoms with van der Waals surface area (Å²) in [5.41, 5.74) is 6.75. The molecule has 88 valence electrons. The lowest BCUT2D eigenvalue weighted by atomic mass is 10.2. The molecule has 0 saturated heterocycles. The molecule has 0 bridgehead atoms. The number of nitrogens with zero attached hydrogens (tertiary/aromatic N) is 1. The van der Waals surface area contributed by atoms with E-state index in [1.54, 1.807) is 0 Å². The van der Waals surface area contributed by atoms with E-state index in [4.69, 9.17) is 15.2 Å². The molecule has 0 radical (unpaired) electrons. The number of anilines is 1. The second-order valence-electron chi connectivity index (χ2n) is 4.02. The Labute approximate surface area is 95.9 Å². The molecule has 1 heterocycles. The molecular weight excluding hydrogens is 204 g/mol. The van der Waals surface area contributed by atoms with Crippen LogP contribution in [0.5, 0.6) is 11.5 Å². The van der Waals surface area contributed by atoms with Crippen molar-refractivity contribution in [2.45, 2.75) is 13.0 Å². The van der Waals surface area contributed by atoms with Crippen molar-refractivity contribution in [2.75, 3.05) is 31.7 Å². The Morgan fingerprint density at radius 3 is 2.69 bits per heavy atom. The van der Waals surface area contributed by atoms with Gasteiger partial charge in [-0.2, -0.15) is 0 Å². The van der Waals surface area contributed by atoms with Crippen LogP contribution in [0.3, 0.4) is 0 Å². The molecule has 4 heteroatoms. The van der Waals surface area contributed by atoms with Crippen LogP contribution in [0.1, 0.15) is 6.92 Å². The maximum Gasteiger partial charge on any atom is 0.163 e. The van der Waals surface area contributed by atoms with Crippen LogP contribution in [0.2, 0.25) is 0 Å². The van der Waals surface area contributed by atoms with Crippen molar-refractivity contribution in [1.82, 2.24) is 0 Å². The number of fused-ring (bicyclic) bond motifs is 1. The maximum absolute atomic E-state index is 5.65. The molecule has 1 aliphatic heterocycles. The average Bonchev–Trinajstić information content (AvgIpc) is 2.36. The number of nitrogens with two attached hydrogens (primary N) is 1. The molecule has 1 aromatic carbocycles. The van der Waals surface area contributed by atoms with Gasteiger partial charge in [-0.3, -0.25) is 0 Å². The molecule has 1 aliphatic rings. The fraction of sp³-hybridized carbons (Fsp3) is 0.500. The van der Waals surface area contributed by atoms with Gasteiger partial charge in [0.2, 0.25) is 0 Å². The number of ether oxygens (including phenoxy) is 2. The third kappa shape index (κ3) is 2.07. The largest absolute Gasteiger partial charge is 0.486 e. The average molecular weight is 222 g/mol. The number of hydrogen-bond acceptors (Lipinski definition) is 4. The SMILES string of the molecule is CC(CN)N(C)c1ccc2c(c1)OCCO2. The van der Waals surface area contributed by atoms with Crippen LogP contribution in [0.4, 0.5) is 5.69 Å². The molecule has 0 aromatic heterocycles. The minimum Gasteiger partial charge on any atom is -0.486 e.